The van der Waals surface area contributed by atoms with Gasteiger partial charge >= 0.3 is 12.4 Å². The summed E-state index contributed by atoms with van der Waals surface area (Å²) in [6, 6.07) is 9.16. The molecule has 1 atom stereocenters. The fourth-order valence-electron chi connectivity index (χ4n) is 4.21. The minimum absolute atomic E-state index is 0.0278. The average molecular weight is 562 g/mol. The highest BCUT2D eigenvalue weighted by Gasteiger charge is 2.35. The Morgan fingerprint density at radius 1 is 1.00 bits per heavy atom. The van der Waals surface area contributed by atoms with Gasteiger partial charge in [0.15, 0.2) is 18.1 Å². The van der Waals surface area contributed by atoms with Gasteiger partial charge in [0.1, 0.15) is 11.4 Å². The summed E-state index contributed by atoms with van der Waals surface area (Å²) < 4.78 is 83.5. The first kappa shape index (κ1) is 27.1. The van der Waals surface area contributed by atoms with Gasteiger partial charge in [-0.2, -0.15) is 26.3 Å². The van der Waals surface area contributed by atoms with Crippen molar-refractivity contribution in [1.82, 2.24) is 29.5 Å². The maximum atomic E-state index is 13.1. The third-order valence-corrected chi connectivity index (χ3v) is 6.20. The summed E-state index contributed by atoms with van der Waals surface area (Å²) in [7, 11) is 1.45. The zero-order valence-electron chi connectivity index (χ0n) is 20.8. The Morgan fingerprint density at radius 3 is 2.38 bits per heavy atom. The number of benzene rings is 1. The summed E-state index contributed by atoms with van der Waals surface area (Å²) in [6.07, 6.45) is -4.05. The lowest BCUT2D eigenvalue weighted by Crippen LogP contribution is -2.22. The molecule has 1 aromatic carbocycles. The van der Waals surface area contributed by atoms with E-state index < -0.39 is 30.3 Å². The third kappa shape index (κ3) is 5.21. The molecule has 5 rings (SSSR count). The van der Waals surface area contributed by atoms with Crippen LogP contribution in [0.5, 0.6) is 5.88 Å². The van der Waals surface area contributed by atoms with Gasteiger partial charge in [0, 0.05) is 36.8 Å². The van der Waals surface area contributed by atoms with Crippen LogP contribution in [0.25, 0.3) is 33.8 Å². The lowest BCUT2D eigenvalue weighted by atomic mass is 9.88. The molecule has 5 aromatic rings. The molecule has 8 nitrogen and oxygen atoms in total. The summed E-state index contributed by atoms with van der Waals surface area (Å²) in [5.41, 5.74) is -0.646. The van der Waals surface area contributed by atoms with Crippen LogP contribution in [0.1, 0.15) is 23.7 Å². The molecule has 0 aliphatic heterocycles. The molecule has 0 amide bonds. The molecule has 0 radical (unpaired) electrons. The molecule has 208 valence electrons. The number of ether oxygens (including phenoxy) is 1. The molecule has 0 spiro atoms. The number of H-pyrrole nitrogens is 1. The van der Waals surface area contributed by atoms with Crippen LogP contribution >= 0.6 is 0 Å². The number of pyridine rings is 1. The number of aromatic nitrogens is 6. The number of aryl methyl sites for hydroxylation is 1. The quantitative estimate of drug-likeness (QED) is 0.260. The van der Waals surface area contributed by atoms with Gasteiger partial charge in [0.2, 0.25) is 5.88 Å². The van der Waals surface area contributed by atoms with E-state index in [0.29, 0.717) is 27.7 Å². The van der Waals surface area contributed by atoms with E-state index in [2.05, 4.69) is 24.9 Å². The molecule has 4 heterocycles. The first-order chi connectivity index (χ1) is 18.7. The van der Waals surface area contributed by atoms with Crippen LogP contribution in [0.4, 0.5) is 26.3 Å². The van der Waals surface area contributed by atoms with Crippen molar-refractivity contribution >= 4 is 11.0 Å². The lowest BCUT2D eigenvalue weighted by molar-refractivity contribution is -0.154. The third-order valence-electron chi connectivity index (χ3n) is 6.20. The van der Waals surface area contributed by atoms with Gasteiger partial charge < -0.3 is 19.4 Å². The van der Waals surface area contributed by atoms with Crippen LogP contribution in [0.2, 0.25) is 0 Å². The van der Waals surface area contributed by atoms with Gasteiger partial charge in [0.05, 0.1) is 22.8 Å². The molecular formula is C26H20F6N6O2. The normalized spacial score (nSPS) is 13.9. The van der Waals surface area contributed by atoms with E-state index in [0.717, 1.165) is 6.20 Å². The number of imidazole rings is 1. The number of nitrogens with one attached hydrogen (secondary N) is 1. The summed E-state index contributed by atoms with van der Waals surface area (Å²) in [4.78, 5) is 19.2. The number of hydrogen-bond donors (Lipinski definition) is 2. The number of halogens is 6. The molecule has 0 fully saturated rings. The van der Waals surface area contributed by atoms with Crippen molar-refractivity contribution in [3.8, 4) is 28.7 Å². The Kier molecular flexibility index (Phi) is 6.53. The zero-order chi connectivity index (χ0) is 28.9. The van der Waals surface area contributed by atoms with Crippen molar-refractivity contribution in [3.05, 3.63) is 78.0 Å². The van der Waals surface area contributed by atoms with Gasteiger partial charge in [0.25, 0.3) is 0 Å². The Hall–Kier alpha value is -4.46. The van der Waals surface area contributed by atoms with Crippen molar-refractivity contribution in [1.29, 1.82) is 0 Å². The number of hydrogen-bond acceptors (Lipinski definition) is 6. The van der Waals surface area contributed by atoms with Crippen LogP contribution in [0.15, 0.2) is 61.2 Å². The molecular weight excluding hydrogens is 542 g/mol. The summed E-state index contributed by atoms with van der Waals surface area (Å²) in [6.45, 7) is -0.0357. The highest BCUT2D eigenvalue weighted by molar-refractivity contribution is 5.82. The van der Waals surface area contributed by atoms with E-state index in [9.17, 15) is 31.4 Å². The number of nitrogens with zero attached hydrogens (tertiary/aromatic N) is 5. The predicted molar refractivity (Wildman–Crippen MR) is 131 cm³/mol. The van der Waals surface area contributed by atoms with Crippen molar-refractivity contribution < 1.29 is 36.2 Å². The van der Waals surface area contributed by atoms with E-state index in [1.807, 2.05) is 0 Å². The second-order valence-corrected chi connectivity index (χ2v) is 9.13. The van der Waals surface area contributed by atoms with Crippen LogP contribution in [-0.4, -0.2) is 47.4 Å². The fourth-order valence-corrected chi connectivity index (χ4v) is 4.21. The van der Waals surface area contributed by atoms with E-state index in [-0.39, 0.29) is 23.1 Å². The predicted octanol–water partition coefficient (Wildman–Crippen LogP) is 5.64. The number of fused-ring (bicyclic) bond motifs is 1. The topological polar surface area (TPSA) is 102 Å². The first-order valence-corrected chi connectivity index (χ1v) is 11.7. The number of alkyl halides is 6. The monoisotopic (exact) mass is 562 g/mol. The minimum atomic E-state index is -4.59. The summed E-state index contributed by atoms with van der Waals surface area (Å²) in [5.74, 6) is -0.176. The Bertz CT molecular complexity index is 1670. The Labute approximate surface area is 222 Å². The first-order valence-electron chi connectivity index (χ1n) is 11.7. The van der Waals surface area contributed by atoms with Gasteiger partial charge in [-0.3, -0.25) is 0 Å². The van der Waals surface area contributed by atoms with Gasteiger partial charge in [-0.15, -0.1) is 0 Å². The SMILES string of the molecule is Cn1cc(C(F)(F)F)nc1-c1ccc([C@](C)(O)c2c[nH]c3cnc(-c4cccnc4OCC(F)(F)F)nc23)cc1. The zero-order valence-corrected chi connectivity index (χ0v) is 20.8. The summed E-state index contributed by atoms with van der Waals surface area (Å²) >= 11 is 0. The molecule has 40 heavy (non-hydrogen) atoms. The molecule has 14 heteroatoms. The number of aromatic amines is 1. The highest BCUT2D eigenvalue weighted by Crippen LogP contribution is 2.36. The molecule has 4 aromatic heterocycles. The Balaban J connectivity index is 1.49. The fraction of sp³-hybridized carbons (Fsp3) is 0.231. The molecule has 0 aliphatic carbocycles. The van der Waals surface area contributed by atoms with E-state index in [1.165, 1.54) is 49.3 Å². The van der Waals surface area contributed by atoms with Crippen LogP contribution in [-0.2, 0) is 18.8 Å². The van der Waals surface area contributed by atoms with E-state index in [4.69, 9.17) is 4.74 Å². The van der Waals surface area contributed by atoms with Crippen molar-refractivity contribution in [2.24, 2.45) is 7.05 Å². The molecule has 2 N–H and O–H groups in total. The second kappa shape index (κ2) is 9.62. The molecule has 0 unspecified atom stereocenters. The number of rotatable bonds is 6. The second-order valence-electron chi connectivity index (χ2n) is 9.13. The van der Waals surface area contributed by atoms with E-state index in [1.54, 1.807) is 24.3 Å². The standard InChI is InChI=1S/C26H20F6N6O2/c1-24(39,15-7-5-14(6-8-15)22-36-19(12-38(22)2)26(30,31)32)17-10-34-18-11-35-21(37-20(17)18)16-4-3-9-33-23(16)40-13-25(27,28)29/h3-12,34,39H,13H2,1-2H3/t24-/m0/s1. The maximum Gasteiger partial charge on any atom is 0.434 e. The van der Waals surface area contributed by atoms with Gasteiger partial charge in [-0.05, 0) is 24.6 Å². The highest BCUT2D eigenvalue weighted by atomic mass is 19.4. The number of aliphatic hydroxyl groups is 1. The lowest BCUT2D eigenvalue weighted by Gasteiger charge is -2.23. The smallest absolute Gasteiger partial charge is 0.434 e. The van der Waals surface area contributed by atoms with E-state index >= 15 is 0 Å². The summed E-state index contributed by atoms with van der Waals surface area (Å²) in [5, 5.41) is 11.5. The largest absolute Gasteiger partial charge is 0.467 e. The Morgan fingerprint density at radius 2 is 1.73 bits per heavy atom. The van der Waals surface area contributed by atoms with Crippen LogP contribution in [0.3, 0.4) is 0 Å². The van der Waals surface area contributed by atoms with Crippen LogP contribution in [0, 0.1) is 0 Å². The molecule has 0 aliphatic rings. The van der Waals surface area contributed by atoms with Crippen molar-refractivity contribution in [3.63, 3.8) is 0 Å². The van der Waals surface area contributed by atoms with Crippen LogP contribution < -0.4 is 4.74 Å². The van der Waals surface area contributed by atoms with Gasteiger partial charge in [-0.25, -0.2) is 19.9 Å². The van der Waals surface area contributed by atoms with Gasteiger partial charge in [-0.1, -0.05) is 24.3 Å². The van der Waals surface area contributed by atoms with Crippen molar-refractivity contribution in [2.75, 3.05) is 6.61 Å². The minimum Gasteiger partial charge on any atom is -0.467 e. The molecule has 0 saturated carbocycles. The molecule has 0 saturated heterocycles. The van der Waals surface area contributed by atoms with Crippen molar-refractivity contribution in [2.45, 2.75) is 24.9 Å². The average Bonchev–Trinajstić information content (AvgIpc) is 3.51. The maximum absolute atomic E-state index is 13.1. The molecule has 0 bridgehead atoms.